The SMILES string of the molecule is CC1CC(CC(=O)O)N(c2ncnc3cccc(-c4ccc(Cl)c(Cl)c4)c23)C1. The van der Waals surface area contributed by atoms with Crippen molar-refractivity contribution in [2.24, 2.45) is 5.92 Å². The Kier molecular flexibility index (Phi) is 5.13. The van der Waals surface area contributed by atoms with E-state index in [9.17, 15) is 9.90 Å². The summed E-state index contributed by atoms with van der Waals surface area (Å²) in [6, 6.07) is 11.3. The molecule has 2 unspecified atom stereocenters. The van der Waals surface area contributed by atoms with Crippen LogP contribution in [0.15, 0.2) is 42.7 Å². The molecular formula is C21H19Cl2N3O2. The zero-order valence-corrected chi connectivity index (χ0v) is 16.8. The standard InChI is InChI=1S/C21H19Cl2N3O2/c1-12-7-14(9-19(27)28)26(10-12)21-20-15(3-2-4-18(20)24-11-25-21)13-5-6-16(22)17(23)8-13/h2-6,8,11-12,14H,7,9-10H2,1H3,(H,27,28). The lowest BCUT2D eigenvalue weighted by molar-refractivity contribution is -0.137. The van der Waals surface area contributed by atoms with Crippen molar-refractivity contribution in [3.63, 3.8) is 0 Å². The highest BCUT2D eigenvalue weighted by Crippen LogP contribution is 2.39. The monoisotopic (exact) mass is 415 g/mol. The van der Waals surface area contributed by atoms with Crippen molar-refractivity contribution in [2.75, 3.05) is 11.4 Å². The molecule has 4 rings (SSSR count). The van der Waals surface area contributed by atoms with Gasteiger partial charge >= 0.3 is 5.97 Å². The number of carbonyl (C=O) groups is 1. The van der Waals surface area contributed by atoms with E-state index in [1.54, 1.807) is 6.07 Å². The van der Waals surface area contributed by atoms with Crippen molar-refractivity contribution >= 4 is 45.9 Å². The number of aromatic nitrogens is 2. The third-order valence-electron chi connectivity index (χ3n) is 5.18. The lowest BCUT2D eigenvalue weighted by atomic mass is 10.00. The van der Waals surface area contributed by atoms with Gasteiger partial charge in [0.2, 0.25) is 0 Å². The molecule has 1 aromatic heterocycles. The van der Waals surface area contributed by atoms with E-state index in [1.807, 2.05) is 30.3 Å². The Morgan fingerprint density at radius 2 is 2.04 bits per heavy atom. The van der Waals surface area contributed by atoms with Crippen LogP contribution in [0.25, 0.3) is 22.0 Å². The van der Waals surface area contributed by atoms with Crippen LogP contribution in [0.5, 0.6) is 0 Å². The van der Waals surface area contributed by atoms with E-state index < -0.39 is 5.97 Å². The van der Waals surface area contributed by atoms with Gasteiger partial charge in [-0.2, -0.15) is 0 Å². The van der Waals surface area contributed by atoms with Crippen LogP contribution in [-0.4, -0.2) is 33.6 Å². The third kappa shape index (κ3) is 3.52. The number of nitrogens with zero attached hydrogens (tertiary/aromatic N) is 3. The number of aliphatic carboxylic acids is 1. The van der Waals surface area contributed by atoms with E-state index in [2.05, 4.69) is 21.8 Å². The molecule has 0 bridgehead atoms. The van der Waals surface area contributed by atoms with Crippen LogP contribution in [0.4, 0.5) is 5.82 Å². The first-order valence-electron chi connectivity index (χ1n) is 9.11. The highest BCUT2D eigenvalue weighted by atomic mass is 35.5. The van der Waals surface area contributed by atoms with Gasteiger partial charge in [0.25, 0.3) is 0 Å². The van der Waals surface area contributed by atoms with Crippen LogP contribution in [0.1, 0.15) is 19.8 Å². The first kappa shape index (κ1) is 19.0. The smallest absolute Gasteiger partial charge is 0.305 e. The fourth-order valence-corrected chi connectivity index (χ4v) is 4.32. The van der Waals surface area contributed by atoms with Gasteiger partial charge < -0.3 is 10.0 Å². The molecule has 0 saturated carbocycles. The van der Waals surface area contributed by atoms with Crippen molar-refractivity contribution in [2.45, 2.75) is 25.8 Å². The van der Waals surface area contributed by atoms with Gasteiger partial charge in [-0.05, 0) is 41.7 Å². The zero-order chi connectivity index (χ0) is 19.8. The summed E-state index contributed by atoms with van der Waals surface area (Å²) in [7, 11) is 0. The molecular weight excluding hydrogens is 397 g/mol. The average molecular weight is 416 g/mol. The van der Waals surface area contributed by atoms with E-state index in [-0.39, 0.29) is 12.5 Å². The quantitative estimate of drug-likeness (QED) is 0.626. The number of anilines is 1. The van der Waals surface area contributed by atoms with Gasteiger partial charge in [-0.1, -0.05) is 48.3 Å². The Labute approximate surface area is 172 Å². The molecule has 5 nitrogen and oxygen atoms in total. The minimum absolute atomic E-state index is 0.0881. The van der Waals surface area contributed by atoms with Crippen molar-refractivity contribution < 1.29 is 9.90 Å². The van der Waals surface area contributed by atoms with E-state index in [4.69, 9.17) is 23.2 Å². The summed E-state index contributed by atoms with van der Waals surface area (Å²) in [4.78, 5) is 22.5. The van der Waals surface area contributed by atoms with E-state index in [0.717, 1.165) is 40.8 Å². The fraction of sp³-hybridized carbons (Fsp3) is 0.286. The average Bonchev–Trinajstić information content (AvgIpc) is 3.02. The number of fused-ring (bicyclic) bond motifs is 1. The van der Waals surface area contributed by atoms with Crippen LogP contribution < -0.4 is 4.90 Å². The van der Waals surface area contributed by atoms with Crippen LogP contribution in [-0.2, 0) is 4.79 Å². The van der Waals surface area contributed by atoms with Gasteiger partial charge in [0.15, 0.2) is 0 Å². The van der Waals surface area contributed by atoms with E-state index in [1.165, 1.54) is 6.33 Å². The van der Waals surface area contributed by atoms with Crippen molar-refractivity contribution in [1.29, 1.82) is 0 Å². The number of hydrogen-bond acceptors (Lipinski definition) is 4. The number of carboxylic acids is 1. The van der Waals surface area contributed by atoms with Crippen molar-refractivity contribution in [3.8, 4) is 11.1 Å². The Morgan fingerprint density at radius 3 is 2.79 bits per heavy atom. The normalized spacial score (nSPS) is 19.3. The van der Waals surface area contributed by atoms with Gasteiger partial charge in [0.05, 0.1) is 27.4 Å². The first-order chi connectivity index (χ1) is 13.4. The van der Waals surface area contributed by atoms with Crippen molar-refractivity contribution in [1.82, 2.24) is 9.97 Å². The molecule has 1 saturated heterocycles. The lowest BCUT2D eigenvalue weighted by Gasteiger charge is -2.26. The maximum absolute atomic E-state index is 11.4. The maximum Gasteiger partial charge on any atom is 0.305 e. The summed E-state index contributed by atoms with van der Waals surface area (Å²) in [5.41, 5.74) is 2.67. The predicted molar refractivity (Wildman–Crippen MR) is 112 cm³/mol. The van der Waals surface area contributed by atoms with E-state index in [0.29, 0.717) is 16.0 Å². The molecule has 1 N–H and O–H groups in total. The molecule has 0 aliphatic carbocycles. The van der Waals surface area contributed by atoms with Gasteiger partial charge in [0, 0.05) is 12.6 Å². The minimum atomic E-state index is -0.799. The largest absolute Gasteiger partial charge is 0.481 e. The van der Waals surface area contributed by atoms with Gasteiger partial charge in [0.1, 0.15) is 12.1 Å². The summed E-state index contributed by atoms with van der Waals surface area (Å²) in [6.45, 7) is 2.90. The van der Waals surface area contributed by atoms with Crippen molar-refractivity contribution in [3.05, 3.63) is 52.8 Å². The van der Waals surface area contributed by atoms with Crippen LogP contribution in [0.3, 0.4) is 0 Å². The molecule has 1 fully saturated rings. The molecule has 7 heteroatoms. The Morgan fingerprint density at radius 1 is 1.21 bits per heavy atom. The van der Waals surface area contributed by atoms with Gasteiger partial charge in [-0.3, -0.25) is 4.79 Å². The maximum atomic E-state index is 11.4. The number of carboxylic acid groups (broad SMARTS) is 1. The second-order valence-corrected chi connectivity index (χ2v) is 8.09. The second-order valence-electron chi connectivity index (χ2n) is 7.27. The Balaban J connectivity index is 1.90. The van der Waals surface area contributed by atoms with Gasteiger partial charge in [-0.25, -0.2) is 9.97 Å². The number of hydrogen-bond donors (Lipinski definition) is 1. The first-order valence-corrected chi connectivity index (χ1v) is 9.87. The van der Waals surface area contributed by atoms with Crippen LogP contribution >= 0.6 is 23.2 Å². The predicted octanol–water partition coefficient (Wildman–Crippen LogP) is 5.29. The molecule has 2 aromatic carbocycles. The second kappa shape index (κ2) is 7.57. The summed E-state index contributed by atoms with van der Waals surface area (Å²) in [5.74, 6) is 0.362. The molecule has 144 valence electrons. The number of benzene rings is 2. The molecule has 28 heavy (non-hydrogen) atoms. The summed E-state index contributed by atoms with van der Waals surface area (Å²) < 4.78 is 0. The molecule has 2 atom stereocenters. The third-order valence-corrected chi connectivity index (χ3v) is 5.92. The Bertz CT molecular complexity index is 1050. The molecule has 2 heterocycles. The lowest BCUT2D eigenvalue weighted by Crippen LogP contribution is -2.32. The molecule has 1 aliphatic rings. The van der Waals surface area contributed by atoms with Crippen LogP contribution in [0.2, 0.25) is 10.0 Å². The summed E-state index contributed by atoms with van der Waals surface area (Å²) in [5, 5.41) is 11.2. The Hall–Kier alpha value is -2.37. The zero-order valence-electron chi connectivity index (χ0n) is 15.3. The minimum Gasteiger partial charge on any atom is -0.481 e. The number of halogens is 2. The molecule has 0 spiro atoms. The molecule has 0 amide bonds. The molecule has 0 radical (unpaired) electrons. The fourth-order valence-electron chi connectivity index (χ4n) is 4.02. The summed E-state index contributed by atoms with van der Waals surface area (Å²) in [6.07, 6.45) is 2.45. The topological polar surface area (TPSA) is 66.3 Å². The van der Waals surface area contributed by atoms with Crippen LogP contribution in [0, 0.1) is 5.92 Å². The highest BCUT2D eigenvalue weighted by molar-refractivity contribution is 6.42. The number of rotatable bonds is 4. The molecule has 1 aliphatic heterocycles. The van der Waals surface area contributed by atoms with E-state index >= 15 is 0 Å². The molecule has 3 aromatic rings. The van der Waals surface area contributed by atoms with Gasteiger partial charge in [-0.15, -0.1) is 0 Å². The highest BCUT2D eigenvalue weighted by Gasteiger charge is 2.33. The summed E-state index contributed by atoms with van der Waals surface area (Å²) >= 11 is 12.3.